The van der Waals surface area contributed by atoms with Crippen molar-refractivity contribution in [1.82, 2.24) is 4.98 Å². The zero-order valence-electron chi connectivity index (χ0n) is 28.8. The summed E-state index contributed by atoms with van der Waals surface area (Å²) in [5.74, 6) is 0.637. The van der Waals surface area contributed by atoms with Crippen molar-refractivity contribution < 1.29 is 4.42 Å². The van der Waals surface area contributed by atoms with E-state index < -0.39 is 0 Å². The number of nitrogens with zero attached hydrogens (tertiary/aromatic N) is 1. The SMILES string of the molecule is c1ccc(-c2nc3ccc4ccc5ccc(-c6c7ccccc7c(-c7ccc(-c8ccccc8)c8ccccc78)c7ccccc67)cc5c4c3o2)cc1. The predicted octanol–water partition coefficient (Wildman–Crippen LogP) is 14.3. The summed E-state index contributed by atoms with van der Waals surface area (Å²) < 4.78 is 6.59. The Morgan fingerprint density at radius 3 is 1.53 bits per heavy atom. The van der Waals surface area contributed by atoms with Crippen molar-refractivity contribution in [3.05, 3.63) is 188 Å². The quantitative estimate of drug-likeness (QED) is 0.137. The number of oxazole rings is 1. The van der Waals surface area contributed by atoms with Crippen LogP contribution in [0.1, 0.15) is 0 Å². The molecule has 53 heavy (non-hydrogen) atoms. The van der Waals surface area contributed by atoms with Gasteiger partial charge in [-0.2, -0.15) is 0 Å². The van der Waals surface area contributed by atoms with Crippen LogP contribution in [0.2, 0.25) is 0 Å². The molecule has 0 N–H and O–H groups in total. The molecule has 1 aromatic heterocycles. The van der Waals surface area contributed by atoms with Crippen molar-refractivity contribution in [3.63, 3.8) is 0 Å². The van der Waals surface area contributed by atoms with Gasteiger partial charge in [-0.15, -0.1) is 0 Å². The number of hydrogen-bond donors (Lipinski definition) is 0. The van der Waals surface area contributed by atoms with Gasteiger partial charge in [-0.05, 0) is 106 Å². The van der Waals surface area contributed by atoms with Gasteiger partial charge in [0, 0.05) is 10.9 Å². The first-order chi connectivity index (χ1) is 26.3. The Hall–Kier alpha value is -7.03. The maximum absolute atomic E-state index is 6.59. The zero-order chi connectivity index (χ0) is 34.9. The first-order valence-electron chi connectivity index (χ1n) is 18.1. The van der Waals surface area contributed by atoms with Gasteiger partial charge in [0.2, 0.25) is 5.89 Å². The molecule has 1 heterocycles. The molecule has 11 aromatic rings. The monoisotopic (exact) mass is 673 g/mol. The van der Waals surface area contributed by atoms with Crippen LogP contribution < -0.4 is 0 Å². The first kappa shape index (κ1) is 29.7. The number of fused-ring (bicyclic) bond motifs is 8. The molecule has 0 radical (unpaired) electrons. The Kier molecular flexibility index (Phi) is 6.59. The first-order valence-corrected chi connectivity index (χ1v) is 18.1. The topological polar surface area (TPSA) is 26.0 Å². The van der Waals surface area contributed by atoms with Crippen LogP contribution in [-0.2, 0) is 0 Å². The Morgan fingerprint density at radius 1 is 0.340 bits per heavy atom. The lowest BCUT2D eigenvalue weighted by Crippen LogP contribution is -1.92. The second-order valence-corrected chi connectivity index (χ2v) is 13.8. The van der Waals surface area contributed by atoms with Crippen molar-refractivity contribution in [2.75, 3.05) is 0 Å². The summed E-state index contributed by atoms with van der Waals surface area (Å²) in [5, 5.41) is 12.0. The van der Waals surface area contributed by atoms with Crippen LogP contribution in [-0.4, -0.2) is 4.98 Å². The lowest BCUT2D eigenvalue weighted by molar-refractivity contribution is 0.623. The molecule has 0 saturated carbocycles. The van der Waals surface area contributed by atoms with E-state index in [4.69, 9.17) is 9.40 Å². The maximum Gasteiger partial charge on any atom is 0.227 e. The van der Waals surface area contributed by atoms with Crippen LogP contribution in [0, 0.1) is 0 Å². The van der Waals surface area contributed by atoms with E-state index in [2.05, 4.69) is 158 Å². The standard InChI is InChI=1S/C51H31NO/c1-3-13-32(14-4-1)37-28-29-44(39-18-8-7-17-38(37)39)49-42-21-11-9-19-40(42)47(41-20-10-12-22-43(41)49)36-26-24-33-23-25-34-27-30-46-50(48(34)45(33)31-36)53-51(52-46)35-15-5-2-6-16-35/h1-31H. The highest BCUT2D eigenvalue weighted by molar-refractivity contribution is 6.25. The van der Waals surface area contributed by atoms with E-state index in [1.54, 1.807) is 0 Å². The second kappa shape index (κ2) is 11.8. The molecule has 0 unspecified atom stereocenters. The second-order valence-electron chi connectivity index (χ2n) is 13.8. The van der Waals surface area contributed by atoms with Crippen molar-refractivity contribution in [2.24, 2.45) is 0 Å². The van der Waals surface area contributed by atoms with E-state index in [1.807, 2.05) is 30.3 Å². The van der Waals surface area contributed by atoms with E-state index in [1.165, 1.54) is 71.1 Å². The minimum Gasteiger partial charge on any atom is -0.435 e. The Bertz CT molecular complexity index is 3160. The number of benzene rings is 10. The van der Waals surface area contributed by atoms with Crippen molar-refractivity contribution in [1.29, 1.82) is 0 Å². The van der Waals surface area contributed by atoms with Gasteiger partial charge in [0.05, 0.1) is 0 Å². The third-order valence-corrected chi connectivity index (χ3v) is 10.9. The van der Waals surface area contributed by atoms with Crippen molar-refractivity contribution in [3.8, 4) is 44.8 Å². The molecule has 11 rings (SSSR count). The van der Waals surface area contributed by atoms with E-state index in [-0.39, 0.29) is 0 Å². The van der Waals surface area contributed by atoms with Crippen LogP contribution in [0.3, 0.4) is 0 Å². The minimum absolute atomic E-state index is 0.637. The Balaban J connectivity index is 1.19. The molecule has 0 aliphatic heterocycles. The number of rotatable bonds is 4. The molecule has 0 aliphatic rings. The third-order valence-electron chi connectivity index (χ3n) is 10.9. The number of hydrogen-bond acceptors (Lipinski definition) is 2. The van der Waals surface area contributed by atoms with Crippen LogP contribution in [0.25, 0.3) is 110 Å². The largest absolute Gasteiger partial charge is 0.435 e. The fourth-order valence-electron chi connectivity index (χ4n) is 8.50. The molecule has 0 aliphatic carbocycles. The molecule has 10 aromatic carbocycles. The maximum atomic E-state index is 6.59. The summed E-state index contributed by atoms with van der Waals surface area (Å²) in [4.78, 5) is 4.92. The normalized spacial score (nSPS) is 11.8. The summed E-state index contributed by atoms with van der Waals surface area (Å²) in [5.41, 5.74) is 10.0. The highest BCUT2D eigenvalue weighted by Gasteiger charge is 2.20. The lowest BCUT2D eigenvalue weighted by Gasteiger charge is -2.20. The van der Waals surface area contributed by atoms with Gasteiger partial charge in [-0.1, -0.05) is 164 Å². The van der Waals surface area contributed by atoms with Crippen LogP contribution in [0.15, 0.2) is 192 Å². The van der Waals surface area contributed by atoms with Crippen molar-refractivity contribution in [2.45, 2.75) is 0 Å². The molecule has 0 atom stereocenters. The van der Waals surface area contributed by atoms with Gasteiger partial charge >= 0.3 is 0 Å². The fourth-order valence-corrected chi connectivity index (χ4v) is 8.50. The Labute approximate surface area is 306 Å². The molecule has 0 amide bonds. The molecule has 246 valence electrons. The average Bonchev–Trinajstić information content (AvgIpc) is 3.68. The predicted molar refractivity (Wildman–Crippen MR) is 223 cm³/mol. The zero-order valence-corrected chi connectivity index (χ0v) is 28.8. The molecule has 0 bridgehead atoms. The highest BCUT2D eigenvalue weighted by atomic mass is 16.3. The average molecular weight is 674 g/mol. The van der Waals surface area contributed by atoms with E-state index in [0.717, 1.165) is 32.8 Å². The van der Waals surface area contributed by atoms with Gasteiger partial charge in [-0.25, -0.2) is 4.98 Å². The van der Waals surface area contributed by atoms with E-state index in [9.17, 15) is 0 Å². The molecular weight excluding hydrogens is 643 g/mol. The molecule has 0 spiro atoms. The molecule has 2 heteroatoms. The Morgan fingerprint density at radius 2 is 0.849 bits per heavy atom. The summed E-state index contributed by atoms with van der Waals surface area (Å²) in [7, 11) is 0. The van der Waals surface area contributed by atoms with Gasteiger partial charge < -0.3 is 4.42 Å². The van der Waals surface area contributed by atoms with E-state index in [0.29, 0.717) is 5.89 Å². The highest BCUT2D eigenvalue weighted by Crippen LogP contribution is 2.47. The fraction of sp³-hybridized carbons (Fsp3) is 0. The summed E-state index contributed by atoms with van der Waals surface area (Å²) in [6.45, 7) is 0. The van der Waals surface area contributed by atoms with Gasteiger partial charge in [0.15, 0.2) is 5.58 Å². The molecule has 0 saturated heterocycles. The summed E-state index contributed by atoms with van der Waals surface area (Å²) in [6.07, 6.45) is 0. The van der Waals surface area contributed by atoms with Gasteiger partial charge in [-0.3, -0.25) is 0 Å². The van der Waals surface area contributed by atoms with Crippen LogP contribution in [0.4, 0.5) is 0 Å². The van der Waals surface area contributed by atoms with E-state index >= 15 is 0 Å². The minimum atomic E-state index is 0.637. The van der Waals surface area contributed by atoms with Crippen molar-refractivity contribution >= 4 is 65.0 Å². The third kappa shape index (κ3) is 4.63. The number of aromatic nitrogens is 1. The smallest absolute Gasteiger partial charge is 0.227 e. The van der Waals surface area contributed by atoms with Crippen LogP contribution in [0.5, 0.6) is 0 Å². The van der Waals surface area contributed by atoms with Gasteiger partial charge in [0.25, 0.3) is 0 Å². The molecule has 0 fully saturated rings. The lowest BCUT2D eigenvalue weighted by atomic mass is 9.83. The summed E-state index contributed by atoms with van der Waals surface area (Å²) >= 11 is 0. The molecule has 2 nitrogen and oxygen atoms in total. The van der Waals surface area contributed by atoms with Gasteiger partial charge in [0.1, 0.15) is 5.52 Å². The molecular formula is C51H31NO. The van der Waals surface area contributed by atoms with Crippen LogP contribution >= 0.6 is 0 Å². The summed E-state index contributed by atoms with van der Waals surface area (Å²) in [6, 6.07) is 67.7.